The van der Waals surface area contributed by atoms with Gasteiger partial charge in [0.15, 0.2) is 0 Å². The van der Waals surface area contributed by atoms with Crippen molar-refractivity contribution in [3.05, 3.63) is 0 Å². The minimum atomic E-state index is -0.340. The molecular weight excluding hydrogens is 220 g/mol. The maximum Gasteiger partial charge on any atom is 0.315 e. The molecule has 17 heavy (non-hydrogen) atoms. The minimum Gasteiger partial charge on any atom is -0.341 e. The van der Waals surface area contributed by atoms with Crippen LogP contribution in [0.4, 0.5) is 4.79 Å². The molecule has 1 aliphatic heterocycles. The average molecular weight is 240 g/mol. The van der Waals surface area contributed by atoms with Gasteiger partial charge in [0.25, 0.3) is 0 Å². The van der Waals surface area contributed by atoms with Crippen LogP contribution in [-0.2, 0) is 4.79 Å². The lowest BCUT2D eigenvalue weighted by molar-refractivity contribution is -0.134. The van der Waals surface area contributed by atoms with E-state index in [1.165, 1.54) is 0 Å². The Labute approximate surface area is 101 Å². The van der Waals surface area contributed by atoms with E-state index in [4.69, 9.17) is 0 Å². The Morgan fingerprint density at radius 1 is 1.29 bits per heavy atom. The Morgan fingerprint density at radius 3 is 2.47 bits per heavy atom. The van der Waals surface area contributed by atoms with Crippen LogP contribution in [0.2, 0.25) is 0 Å². The van der Waals surface area contributed by atoms with Gasteiger partial charge in [0, 0.05) is 33.2 Å². The summed E-state index contributed by atoms with van der Waals surface area (Å²) in [5.41, 5.74) is 0. The molecule has 96 valence electrons. The molecule has 0 aromatic heterocycles. The van der Waals surface area contributed by atoms with Crippen LogP contribution in [0.1, 0.15) is 12.8 Å². The summed E-state index contributed by atoms with van der Waals surface area (Å²) in [6.07, 6.45) is 2.07. The molecule has 0 radical (unpaired) electrons. The smallest absolute Gasteiger partial charge is 0.315 e. The maximum absolute atomic E-state index is 12.3. The van der Waals surface area contributed by atoms with Gasteiger partial charge in [-0.3, -0.25) is 4.79 Å². The Kier molecular flexibility index (Phi) is 3.83. The van der Waals surface area contributed by atoms with E-state index in [0.717, 1.165) is 39.0 Å². The van der Waals surface area contributed by atoms with E-state index >= 15 is 0 Å². The number of amides is 3. The number of piperazine rings is 1. The number of hydrogen-bond acceptors (Lipinski definition) is 3. The summed E-state index contributed by atoms with van der Waals surface area (Å²) in [5, 5.41) is 8.48. The molecule has 6 heteroatoms. The van der Waals surface area contributed by atoms with Gasteiger partial charge in [-0.05, 0) is 18.8 Å². The first-order chi connectivity index (χ1) is 8.22. The highest BCUT2D eigenvalue weighted by molar-refractivity contribution is 5.87. The first kappa shape index (κ1) is 12.2. The third-order valence-corrected chi connectivity index (χ3v) is 3.30. The fourth-order valence-electron chi connectivity index (χ4n) is 2.11. The molecule has 2 aliphatic rings. The molecule has 1 saturated heterocycles. The summed E-state index contributed by atoms with van der Waals surface area (Å²) in [6, 6.07) is -0.613. The van der Waals surface area contributed by atoms with E-state index in [2.05, 4.69) is 16.0 Å². The van der Waals surface area contributed by atoms with Gasteiger partial charge in [-0.15, -0.1) is 0 Å². The molecule has 1 aliphatic carbocycles. The van der Waals surface area contributed by atoms with Crippen molar-refractivity contribution in [2.24, 2.45) is 5.92 Å². The highest BCUT2D eigenvalue weighted by atomic mass is 16.2. The van der Waals surface area contributed by atoms with Crippen LogP contribution in [0.15, 0.2) is 0 Å². The predicted octanol–water partition coefficient (Wildman–Crippen LogP) is -0.874. The highest BCUT2D eigenvalue weighted by Crippen LogP contribution is 2.33. The van der Waals surface area contributed by atoms with Crippen molar-refractivity contribution in [2.45, 2.75) is 18.9 Å². The summed E-state index contributed by atoms with van der Waals surface area (Å²) < 4.78 is 0. The van der Waals surface area contributed by atoms with Gasteiger partial charge in [-0.25, -0.2) is 4.79 Å². The molecule has 3 amide bonds. The van der Waals surface area contributed by atoms with Gasteiger partial charge in [-0.1, -0.05) is 0 Å². The summed E-state index contributed by atoms with van der Waals surface area (Å²) in [7, 11) is 1.56. The van der Waals surface area contributed by atoms with Crippen molar-refractivity contribution < 1.29 is 9.59 Å². The van der Waals surface area contributed by atoms with Gasteiger partial charge in [0.2, 0.25) is 5.91 Å². The quantitative estimate of drug-likeness (QED) is 0.600. The highest BCUT2D eigenvalue weighted by Gasteiger charge is 2.39. The van der Waals surface area contributed by atoms with E-state index in [9.17, 15) is 9.59 Å². The zero-order valence-electron chi connectivity index (χ0n) is 10.2. The minimum absolute atomic E-state index is 0.0672. The number of urea groups is 1. The second-order valence-electron chi connectivity index (χ2n) is 4.61. The van der Waals surface area contributed by atoms with Crippen LogP contribution in [0.3, 0.4) is 0 Å². The molecule has 0 aromatic rings. The van der Waals surface area contributed by atoms with Gasteiger partial charge in [-0.2, -0.15) is 0 Å². The third-order valence-electron chi connectivity index (χ3n) is 3.30. The molecule has 6 nitrogen and oxygen atoms in total. The standard InChI is InChI=1S/C11H20N4O2/c1-12-11(17)14-9(8-2-3-8)10(16)15-6-4-13-5-7-15/h8-9,13H,2-7H2,1H3,(H2,12,14,17). The predicted molar refractivity (Wildman–Crippen MR) is 63.6 cm³/mol. The lowest BCUT2D eigenvalue weighted by Crippen LogP contribution is -2.55. The topological polar surface area (TPSA) is 73.5 Å². The van der Waals surface area contributed by atoms with Crippen molar-refractivity contribution in [3.63, 3.8) is 0 Å². The van der Waals surface area contributed by atoms with Gasteiger partial charge >= 0.3 is 6.03 Å². The van der Waals surface area contributed by atoms with Crippen LogP contribution in [0.25, 0.3) is 0 Å². The SMILES string of the molecule is CNC(=O)NC(C(=O)N1CCNCC1)C1CC1. The molecule has 1 atom stereocenters. The number of nitrogens with zero attached hydrogens (tertiary/aromatic N) is 1. The lowest BCUT2D eigenvalue weighted by Gasteiger charge is -2.31. The third kappa shape index (κ3) is 3.09. The Hall–Kier alpha value is -1.30. The maximum atomic E-state index is 12.3. The van der Waals surface area contributed by atoms with E-state index < -0.39 is 0 Å². The fraction of sp³-hybridized carbons (Fsp3) is 0.818. The number of rotatable bonds is 3. The van der Waals surface area contributed by atoms with Gasteiger partial charge in [0.1, 0.15) is 6.04 Å². The summed E-state index contributed by atoms with van der Waals surface area (Å²) in [6.45, 7) is 3.14. The summed E-state index contributed by atoms with van der Waals surface area (Å²) >= 11 is 0. The number of hydrogen-bond donors (Lipinski definition) is 3. The van der Waals surface area contributed by atoms with Crippen LogP contribution in [0, 0.1) is 5.92 Å². The molecular formula is C11H20N4O2. The molecule has 0 aromatic carbocycles. The fourth-order valence-corrected chi connectivity index (χ4v) is 2.11. The van der Waals surface area contributed by atoms with Gasteiger partial charge in [0.05, 0.1) is 0 Å². The zero-order chi connectivity index (χ0) is 12.3. The van der Waals surface area contributed by atoms with Crippen LogP contribution < -0.4 is 16.0 Å². The molecule has 3 N–H and O–H groups in total. The number of nitrogens with one attached hydrogen (secondary N) is 3. The second-order valence-corrected chi connectivity index (χ2v) is 4.61. The molecule has 1 saturated carbocycles. The molecule has 0 spiro atoms. The zero-order valence-corrected chi connectivity index (χ0v) is 10.2. The summed E-state index contributed by atoms with van der Waals surface area (Å²) in [5.74, 6) is 0.396. The first-order valence-electron chi connectivity index (χ1n) is 6.20. The average Bonchev–Trinajstić information content (AvgIpc) is 3.20. The van der Waals surface area contributed by atoms with Gasteiger partial charge < -0.3 is 20.9 Å². The Morgan fingerprint density at radius 2 is 1.94 bits per heavy atom. The summed E-state index contributed by atoms with van der Waals surface area (Å²) in [4.78, 5) is 25.5. The van der Waals surface area contributed by atoms with E-state index in [1.807, 2.05) is 4.90 Å². The van der Waals surface area contributed by atoms with Crippen molar-refractivity contribution in [3.8, 4) is 0 Å². The van der Waals surface area contributed by atoms with Crippen molar-refractivity contribution >= 4 is 11.9 Å². The largest absolute Gasteiger partial charge is 0.341 e. The molecule has 1 heterocycles. The van der Waals surface area contributed by atoms with Crippen LogP contribution in [-0.4, -0.2) is 56.1 Å². The lowest BCUT2D eigenvalue weighted by atomic mass is 10.1. The molecule has 0 bridgehead atoms. The molecule has 2 rings (SSSR count). The van der Waals surface area contributed by atoms with Crippen molar-refractivity contribution in [1.82, 2.24) is 20.9 Å². The first-order valence-corrected chi connectivity index (χ1v) is 6.20. The second kappa shape index (κ2) is 5.35. The van der Waals surface area contributed by atoms with Crippen molar-refractivity contribution in [2.75, 3.05) is 33.2 Å². The number of carbonyl (C=O) groups excluding carboxylic acids is 2. The monoisotopic (exact) mass is 240 g/mol. The van der Waals surface area contributed by atoms with Crippen LogP contribution >= 0.6 is 0 Å². The van der Waals surface area contributed by atoms with Crippen molar-refractivity contribution in [1.29, 1.82) is 0 Å². The Bertz CT molecular complexity index is 298. The molecule has 1 unspecified atom stereocenters. The normalized spacial score (nSPS) is 21.8. The van der Waals surface area contributed by atoms with E-state index in [0.29, 0.717) is 5.92 Å². The van der Waals surface area contributed by atoms with Crippen LogP contribution in [0.5, 0.6) is 0 Å². The number of carbonyl (C=O) groups is 2. The molecule has 2 fully saturated rings. The Balaban J connectivity index is 1.94. The van der Waals surface area contributed by atoms with E-state index in [-0.39, 0.29) is 18.0 Å². The van der Waals surface area contributed by atoms with E-state index in [1.54, 1.807) is 7.05 Å².